The van der Waals surface area contributed by atoms with Crippen molar-refractivity contribution < 1.29 is 26.3 Å². The van der Waals surface area contributed by atoms with E-state index in [-0.39, 0.29) is 15.7 Å². The largest absolute Gasteiger partial charge is 0.434 e. The first kappa shape index (κ1) is 19.5. The second-order valence-electron chi connectivity index (χ2n) is 4.10. The average Bonchev–Trinajstić information content (AvgIpc) is 2.48. The van der Waals surface area contributed by atoms with Crippen molar-refractivity contribution in [2.75, 3.05) is 0 Å². The summed E-state index contributed by atoms with van der Waals surface area (Å²) in [6, 6.07) is 6.21. The van der Waals surface area contributed by atoms with Crippen LogP contribution in [0.2, 0.25) is 0 Å². The fourth-order valence-electron chi connectivity index (χ4n) is 1.63. The molecule has 2 aromatic rings. The molecule has 2 rings (SSSR count). The normalized spacial score (nSPS) is 11.7. The predicted octanol–water partition coefficient (Wildman–Crippen LogP) is 6.57. The molecule has 1 heterocycles. The topological polar surface area (TPSA) is 12.9 Å². The van der Waals surface area contributed by atoms with E-state index in [2.05, 4.69) is 20.9 Å². The third kappa shape index (κ3) is 4.95. The summed E-state index contributed by atoms with van der Waals surface area (Å²) in [5, 5.41) is 0. The lowest BCUT2D eigenvalue weighted by atomic mass is 10.1. The second-order valence-corrected chi connectivity index (χ2v) is 4.95. The fourth-order valence-corrected chi connectivity index (χ4v) is 2.08. The van der Waals surface area contributed by atoms with Gasteiger partial charge in [-0.3, -0.25) is 0 Å². The van der Waals surface area contributed by atoms with Crippen LogP contribution in [0.1, 0.15) is 25.1 Å². The van der Waals surface area contributed by atoms with E-state index < -0.39 is 23.6 Å². The minimum atomic E-state index is -4.65. The third-order valence-corrected chi connectivity index (χ3v) is 3.26. The van der Waals surface area contributed by atoms with Crippen LogP contribution in [-0.4, -0.2) is 4.98 Å². The summed E-state index contributed by atoms with van der Waals surface area (Å²) in [7, 11) is 0. The van der Waals surface area contributed by atoms with Crippen LogP contribution >= 0.6 is 15.9 Å². The lowest BCUT2D eigenvalue weighted by molar-refractivity contribution is -0.141. The van der Waals surface area contributed by atoms with Crippen molar-refractivity contribution in [1.82, 2.24) is 4.98 Å². The van der Waals surface area contributed by atoms with E-state index in [1.54, 1.807) is 0 Å². The van der Waals surface area contributed by atoms with E-state index >= 15 is 0 Å². The first-order chi connectivity index (χ1) is 10.6. The van der Waals surface area contributed by atoms with E-state index in [9.17, 15) is 26.3 Å². The minimum Gasteiger partial charge on any atom is -0.242 e. The number of pyridine rings is 1. The Morgan fingerprint density at radius 3 is 1.74 bits per heavy atom. The molecule has 8 heteroatoms. The van der Waals surface area contributed by atoms with Crippen LogP contribution in [0.3, 0.4) is 0 Å². The fraction of sp³-hybridized carbons (Fsp3) is 0.267. The number of alkyl halides is 6. The first-order valence-corrected chi connectivity index (χ1v) is 7.30. The predicted molar refractivity (Wildman–Crippen MR) is 78.7 cm³/mol. The summed E-state index contributed by atoms with van der Waals surface area (Å²) in [6.45, 7) is 4.00. The molecule has 0 aliphatic rings. The van der Waals surface area contributed by atoms with Crippen LogP contribution in [0, 0.1) is 0 Å². The maximum Gasteiger partial charge on any atom is 0.434 e. The van der Waals surface area contributed by atoms with Crippen molar-refractivity contribution in [1.29, 1.82) is 0 Å². The SMILES string of the molecule is CC.FC(F)(F)c1ccc(-c2ccc(Br)c(C(F)(F)F)n2)cc1. The number of aromatic nitrogens is 1. The standard InChI is InChI=1S/C13H6BrF6N.C2H6/c14-9-5-6-10(21-11(9)13(18,19)20)7-1-3-8(4-2-7)12(15,16)17;1-2/h1-6H;1-2H3. The smallest absolute Gasteiger partial charge is 0.242 e. The van der Waals surface area contributed by atoms with Crippen LogP contribution in [0.25, 0.3) is 11.3 Å². The Labute approximate surface area is 137 Å². The molecule has 1 nitrogen and oxygen atoms in total. The molecule has 0 amide bonds. The molecule has 0 unspecified atom stereocenters. The van der Waals surface area contributed by atoms with Gasteiger partial charge in [0.05, 0.1) is 11.3 Å². The Morgan fingerprint density at radius 1 is 0.783 bits per heavy atom. The van der Waals surface area contributed by atoms with Gasteiger partial charge in [0.15, 0.2) is 5.69 Å². The van der Waals surface area contributed by atoms with E-state index in [4.69, 9.17) is 0 Å². The van der Waals surface area contributed by atoms with Gasteiger partial charge in [-0.2, -0.15) is 26.3 Å². The summed E-state index contributed by atoms with van der Waals surface area (Å²) in [4.78, 5) is 3.45. The van der Waals surface area contributed by atoms with Gasteiger partial charge >= 0.3 is 12.4 Å². The molecule has 1 aromatic carbocycles. The molecular formula is C15H12BrF6N. The highest BCUT2D eigenvalue weighted by molar-refractivity contribution is 9.10. The summed E-state index contributed by atoms with van der Waals surface area (Å²) >= 11 is 2.75. The monoisotopic (exact) mass is 399 g/mol. The second kappa shape index (κ2) is 7.33. The van der Waals surface area contributed by atoms with Gasteiger partial charge in [-0.05, 0) is 40.2 Å². The van der Waals surface area contributed by atoms with Crippen molar-refractivity contribution in [2.24, 2.45) is 0 Å². The molecule has 0 spiro atoms. The van der Waals surface area contributed by atoms with Gasteiger partial charge in [-0.15, -0.1) is 0 Å². The maximum atomic E-state index is 12.7. The Balaban J connectivity index is 0.00000127. The van der Waals surface area contributed by atoms with Gasteiger partial charge in [0.1, 0.15) is 0 Å². The van der Waals surface area contributed by atoms with E-state index in [0.29, 0.717) is 0 Å². The molecule has 0 aliphatic heterocycles. The zero-order chi connectivity index (χ0) is 17.8. The summed E-state index contributed by atoms with van der Waals surface area (Å²) in [6.07, 6.45) is -9.15. The van der Waals surface area contributed by atoms with Crippen molar-refractivity contribution in [3.8, 4) is 11.3 Å². The van der Waals surface area contributed by atoms with Crippen molar-refractivity contribution in [2.45, 2.75) is 26.2 Å². The molecular weight excluding hydrogens is 388 g/mol. The van der Waals surface area contributed by atoms with E-state index in [1.807, 2.05) is 13.8 Å². The molecule has 0 aliphatic carbocycles. The van der Waals surface area contributed by atoms with Crippen LogP contribution in [0.4, 0.5) is 26.3 Å². The molecule has 0 saturated heterocycles. The van der Waals surface area contributed by atoms with Gasteiger partial charge in [0.2, 0.25) is 0 Å². The molecule has 23 heavy (non-hydrogen) atoms. The van der Waals surface area contributed by atoms with Gasteiger partial charge in [0.25, 0.3) is 0 Å². The molecule has 0 N–H and O–H groups in total. The van der Waals surface area contributed by atoms with Gasteiger partial charge in [-0.25, -0.2) is 4.98 Å². The maximum absolute atomic E-state index is 12.7. The zero-order valence-electron chi connectivity index (χ0n) is 12.1. The van der Waals surface area contributed by atoms with Crippen LogP contribution in [0.15, 0.2) is 40.9 Å². The highest BCUT2D eigenvalue weighted by atomic mass is 79.9. The molecule has 0 fully saturated rings. The minimum absolute atomic E-state index is 0.0563. The van der Waals surface area contributed by atoms with Crippen molar-refractivity contribution in [3.63, 3.8) is 0 Å². The summed E-state index contributed by atoms with van der Waals surface area (Å²) in [5.41, 5.74) is -1.89. The molecule has 0 radical (unpaired) electrons. The number of hydrogen-bond acceptors (Lipinski definition) is 1. The molecule has 1 aromatic heterocycles. The van der Waals surface area contributed by atoms with Crippen LogP contribution in [-0.2, 0) is 12.4 Å². The lowest BCUT2D eigenvalue weighted by Gasteiger charge is -2.11. The average molecular weight is 400 g/mol. The van der Waals surface area contributed by atoms with E-state index in [1.165, 1.54) is 6.07 Å². The molecule has 126 valence electrons. The summed E-state index contributed by atoms with van der Waals surface area (Å²) < 4.78 is 75.2. The van der Waals surface area contributed by atoms with Crippen LogP contribution in [0.5, 0.6) is 0 Å². The quantitative estimate of drug-likeness (QED) is 0.493. The molecule has 0 bridgehead atoms. The summed E-state index contributed by atoms with van der Waals surface area (Å²) in [5.74, 6) is 0. The lowest BCUT2D eigenvalue weighted by Crippen LogP contribution is -2.09. The number of benzene rings is 1. The van der Waals surface area contributed by atoms with Crippen molar-refractivity contribution in [3.05, 3.63) is 52.1 Å². The first-order valence-electron chi connectivity index (χ1n) is 6.50. The van der Waals surface area contributed by atoms with Gasteiger partial charge in [-0.1, -0.05) is 26.0 Å². The third-order valence-electron chi connectivity index (χ3n) is 2.62. The Hall–Kier alpha value is -1.57. The zero-order valence-corrected chi connectivity index (χ0v) is 13.6. The Kier molecular flexibility index (Phi) is 6.21. The highest BCUT2D eigenvalue weighted by Crippen LogP contribution is 2.35. The molecule has 0 saturated carbocycles. The Bertz CT molecular complexity index is 646. The van der Waals surface area contributed by atoms with Gasteiger partial charge in [0, 0.05) is 10.0 Å². The number of halogens is 7. The van der Waals surface area contributed by atoms with Gasteiger partial charge < -0.3 is 0 Å². The molecule has 0 atom stereocenters. The number of hydrogen-bond donors (Lipinski definition) is 0. The highest BCUT2D eigenvalue weighted by Gasteiger charge is 2.35. The van der Waals surface area contributed by atoms with Crippen molar-refractivity contribution >= 4 is 15.9 Å². The number of nitrogens with zero attached hydrogens (tertiary/aromatic N) is 1. The Morgan fingerprint density at radius 2 is 1.30 bits per heavy atom. The number of rotatable bonds is 1. The van der Waals surface area contributed by atoms with E-state index in [0.717, 1.165) is 30.3 Å². The van der Waals surface area contributed by atoms with Crippen LogP contribution < -0.4 is 0 Å².